The maximum absolute atomic E-state index is 7.00. The van der Waals surface area contributed by atoms with Crippen LogP contribution in [0, 0.1) is 0 Å². The average molecular weight is 140 g/mol. The Balaban J connectivity index is -0.00000000825. The summed E-state index contributed by atoms with van der Waals surface area (Å²) in [4.78, 5) is 0. The smallest absolute Gasteiger partial charge is 0.0319 e. The van der Waals surface area contributed by atoms with Gasteiger partial charge < -0.3 is 16.2 Å². The van der Waals surface area contributed by atoms with Gasteiger partial charge in [-0.15, -0.1) is 0 Å². The van der Waals surface area contributed by atoms with E-state index in [1.165, 1.54) is 7.05 Å². The molecule has 0 aromatic carbocycles. The molecule has 0 unspecified atom stereocenters. The topological polar surface area (TPSA) is 58.3 Å². The minimum absolute atomic E-state index is 0. The fourth-order valence-electron chi connectivity index (χ4n) is 0. The van der Waals surface area contributed by atoms with Crippen LogP contribution in [-0.4, -0.2) is 33.4 Å². The van der Waals surface area contributed by atoms with Crippen LogP contribution in [0.5, 0.6) is 0 Å². The van der Waals surface area contributed by atoms with Crippen LogP contribution in [0.2, 0.25) is 0 Å². The summed E-state index contributed by atoms with van der Waals surface area (Å²) in [5, 5.41) is 9.75. The molecule has 4 N–H and O–H groups in total. The summed E-state index contributed by atoms with van der Waals surface area (Å²) >= 11 is 0. The quantitative estimate of drug-likeness (QED) is 0.453. The summed E-state index contributed by atoms with van der Waals surface area (Å²) < 4.78 is 0. The van der Waals surface area contributed by atoms with E-state index in [1.54, 1.807) is 0 Å². The van der Waals surface area contributed by atoms with Crippen LogP contribution < -0.4 is 11.1 Å². The molecule has 3 heteroatoms. The maximum atomic E-state index is 7.00. The highest BCUT2D eigenvalue weighted by Crippen LogP contribution is 0.981. The third-order valence-corrected chi connectivity index (χ3v) is 0. The molecule has 0 aromatic heterocycles. The van der Waals surface area contributed by atoms with Crippen molar-refractivity contribution in [1.82, 2.24) is 5.32 Å². The first kappa shape index (κ1) is 36.6. The molecule has 0 atom stereocenters. The van der Waals surface area contributed by atoms with E-state index in [0.717, 1.165) is 7.11 Å². The van der Waals surface area contributed by atoms with E-state index in [4.69, 9.17) is 5.11 Å². The fraction of sp³-hybridized carbons (Fsp3) is 1.00. The lowest BCUT2D eigenvalue weighted by atomic mass is 11.3. The highest BCUT2D eigenvalue weighted by molar-refractivity contribution is 3.91. The van der Waals surface area contributed by atoms with Gasteiger partial charge in [-0.25, -0.2) is 0 Å². The number of rotatable bonds is 0. The van der Waals surface area contributed by atoms with Crippen molar-refractivity contribution in [3.05, 3.63) is 0 Å². The molecule has 0 radical (unpaired) electrons. The molecule has 0 amide bonds. The summed E-state index contributed by atoms with van der Waals surface area (Å²) in [7, 11) is 6.25. The van der Waals surface area contributed by atoms with Crippen molar-refractivity contribution in [3.8, 4) is 0 Å². The van der Waals surface area contributed by atoms with Gasteiger partial charge in [0.15, 0.2) is 0 Å². The van der Waals surface area contributed by atoms with Crippen molar-refractivity contribution in [2.45, 2.75) is 14.9 Å². The minimum Gasteiger partial charge on any atom is -0.400 e. The highest BCUT2D eigenvalue weighted by atomic mass is 16.2. The summed E-state index contributed by atoms with van der Waals surface area (Å²) in [6, 6.07) is 0. The Bertz CT molecular complexity index is 11.0. The molecular weight excluding hydrogens is 116 g/mol. The zero-order valence-electron chi connectivity index (χ0n) is 5.52. The van der Waals surface area contributed by atoms with Gasteiger partial charge in [-0.2, -0.15) is 0 Å². The Morgan fingerprint density at radius 3 is 1.00 bits per heavy atom. The predicted molar refractivity (Wildman–Crippen MR) is 46.7 cm³/mol. The van der Waals surface area contributed by atoms with E-state index in [2.05, 4.69) is 11.1 Å². The van der Waals surface area contributed by atoms with Gasteiger partial charge in [0.25, 0.3) is 0 Å². The molecule has 0 fully saturated rings. The molecule has 3 nitrogen and oxygen atoms in total. The van der Waals surface area contributed by atoms with Crippen LogP contribution >= 0.6 is 0 Å². The lowest BCUT2D eigenvalue weighted by Gasteiger charge is -1.59. The Kier molecular flexibility index (Phi) is 1960. The van der Waals surface area contributed by atoms with Crippen LogP contribution in [-0.2, 0) is 0 Å². The van der Waals surface area contributed by atoms with Gasteiger partial charge in [0.05, 0.1) is 0 Å². The van der Waals surface area contributed by atoms with Gasteiger partial charge in [0, 0.05) is 7.11 Å². The van der Waals surface area contributed by atoms with E-state index in [1.807, 2.05) is 14.1 Å². The number of nitrogens with one attached hydrogen (secondary N) is 1. The second kappa shape index (κ2) is 482. The summed E-state index contributed by atoms with van der Waals surface area (Å²) in [6.07, 6.45) is 0. The van der Waals surface area contributed by atoms with Gasteiger partial charge in [-0.1, -0.05) is 14.9 Å². The van der Waals surface area contributed by atoms with Crippen LogP contribution in [0.3, 0.4) is 0 Å². The first-order valence-corrected chi connectivity index (χ1v) is 2.02. The largest absolute Gasteiger partial charge is 0.400 e. The van der Waals surface area contributed by atoms with E-state index < -0.39 is 0 Å². The normalized spacial score (nSPS) is 3.33. The number of nitrogens with two attached hydrogens (primary N) is 1. The van der Waals surface area contributed by atoms with E-state index in [9.17, 15) is 0 Å². The Morgan fingerprint density at radius 2 is 1.00 bits per heavy atom. The molecular formula is C6H24N2O. The second-order valence-corrected chi connectivity index (χ2v) is 0.500. The second-order valence-electron chi connectivity index (χ2n) is 0.500. The molecule has 0 rings (SSSR count). The van der Waals surface area contributed by atoms with Crippen molar-refractivity contribution in [2.24, 2.45) is 5.73 Å². The monoisotopic (exact) mass is 140 g/mol. The van der Waals surface area contributed by atoms with Crippen LogP contribution in [0.15, 0.2) is 0 Å². The Morgan fingerprint density at radius 1 is 1.00 bits per heavy atom. The average Bonchev–Trinajstić information content (AvgIpc) is 1.78. The maximum Gasteiger partial charge on any atom is 0.0319 e. The van der Waals surface area contributed by atoms with Crippen LogP contribution in [0.1, 0.15) is 14.9 Å². The zero-order chi connectivity index (χ0) is 6.71. The molecule has 0 aromatic rings. The number of aliphatic hydroxyl groups is 1. The third kappa shape index (κ3) is 18900. The van der Waals surface area contributed by atoms with E-state index in [0.29, 0.717) is 0 Å². The molecule has 0 aliphatic heterocycles. The summed E-state index contributed by atoms with van der Waals surface area (Å²) in [6.45, 7) is 0. The van der Waals surface area contributed by atoms with E-state index in [-0.39, 0.29) is 14.9 Å². The number of aliphatic hydroxyl groups excluding tert-OH is 1. The summed E-state index contributed by atoms with van der Waals surface area (Å²) in [5.41, 5.74) is 4.50. The number of hydrogen-bond donors (Lipinski definition) is 3. The first-order valence-electron chi connectivity index (χ1n) is 2.02. The van der Waals surface area contributed by atoms with Gasteiger partial charge in [0.2, 0.25) is 0 Å². The van der Waals surface area contributed by atoms with Gasteiger partial charge in [0.1, 0.15) is 0 Å². The molecule has 0 bridgehead atoms. The van der Waals surface area contributed by atoms with Gasteiger partial charge in [-0.05, 0) is 21.1 Å². The molecule has 0 aliphatic carbocycles. The molecule has 0 aliphatic rings. The molecule has 0 heterocycles. The first-order chi connectivity index (χ1) is 3.41. The Labute approximate surface area is 60.3 Å². The lowest BCUT2D eigenvalue weighted by molar-refractivity contribution is 0.399. The zero-order valence-corrected chi connectivity index (χ0v) is 5.52. The van der Waals surface area contributed by atoms with Crippen molar-refractivity contribution in [1.29, 1.82) is 0 Å². The predicted octanol–water partition coefficient (Wildman–Crippen LogP) is 0.291. The molecule has 0 saturated heterocycles. The third-order valence-electron chi connectivity index (χ3n) is 0. The number of hydrogen-bond acceptors (Lipinski definition) is 3. The fourth-order valence-corrected chi connectivity index (χ4v) is 0. The van der Waals surface area contributed by atoms with Gasteiger partial charge in [-0.3, -0.25) is 0 Å². The standard InChI is InChI=1S/C2H7N.CH5N.CH4O.2CH4/c1-3-2;2*1-2;;/h3H,1-2H3;2H2,1H3;2H,1H3;2*1H4. The van der Waals surface area contributed by atoms with Crippen LogP contribution in [0.4, 0.5) is 0 Å². The molecule has 64 valence electrons. The van der Waals surface area contributed by atoms with Crippen molar-refractivity contribution in [3.63, 3.8) is 0 Å². The van der Waals surface area contributed by atoms with Crippen molar-refractivity contribution >= 4 is 0 Å². The molecule has 0 saturated carbocycles. The van der Waals surface area contributed by atoms with Crippen molar-refractivity contribution < 1.29 is 5.11 Å². The SMILES string of the molecule is C.C.CN.CNC.CO. The Hall–Kier alpha value is -0.120. The van der Waals surface area contributed by atoms with Crippen molar-refractivity contribution in [2.75, 3.05) is 28.3 Å². The van der Waals surface area contributed by atoms with Crippen LogP contribution in [0.25, 0.3) is 0 Å². The summed E-state index contributed by atoms with van der Waals surface area (Å²) in [5.74, 6) is 0. The molecule has 0 spiro atoms. The van der Waals surface area contributed by atoms with Gasteiger partial charge >= 0.3 is 0 Å². The minimum atomic E-state index is 0. The van der Waals surface area contributed by atoms with E-state index >= 15 is 0 Å². The molecule has 9 heavy (non-hydrogen) atoms. The lowest BCUT2D eigenvalue weighted by Crippen LogP contribution is -1.89. The highest BCUT2D eigenvalue weighted by Gasteiger charge is 1.25.